The van der Waals surface area contributed by atoms with Crippen molar-refractivity contribution in [2.24, 2.45) is 0 Å². The van der Waals surface area contributed by atoms with Gasteiger partial charge in [-0.25, -0.2) is 0 Å². The van der Waals surface area contributed by atoms with Crippen LogP contribution in [0.4, 0.5) is 0 Å². The first kappa shape index (κ1) is 23.1. The van der Waals surface area contributed by atoms with Crippen molar-refractivity contribution in [3.05, 3.63) is 65.0 Å². The van der Waals surface area contributed by atoms with Crippen LogP contribution in [0.15, 0.2) is 42.5 Å². The highest BCUT2D eigenvalue weighted by Gasteiger charge is 2.32. The molecule has 0 N–H and O–H groups in total. The standard InChI is InChI=1S/C28H37N5O/c1-4-33-26-14-13-23(31(3)20-22-11-7-10-21-9-5-6-12-24(21)22)19-25(26)27(29-33)28(34)32-16-8-15-30(2)17-18-32/h5-7,9-12,23H,4,8,13-20H2,1-3H3. The molecule has 1 aliphatic carbocycles. The van der Waals surface area contributed by atoms with Gasteiger partial charge in [-0.15, -0.1) is 0 Å². The maximum atomic E-state index is 13.6. The topological polar surface area (TPSA) is 44.6 Å². The van der Waals surface area contributed by atoms with Gasteiger partial charge >= 0.3 is 0 Å². The Kier molecular flexibility index (Phi) is 6.70. The van der Waals surface area contributed by atoms with Crippen molar-refractivity contribution in [3.63, 3.8) is 0 Å². The minimum atomic E-state index is 0.121. The fourth-order valence-electron chi connectivity index (χ4n) is 5.71. The normalized spacial score (nSPS) is 19.4. The lowest BCUT2D eigenvalue weighted by atomic mass is 9.89. The first-order chi connectivity index (χ1) is 16.5. The number of aromatic nitrogens is 2. The van der Waals surface area contributed by atoms with Crippen LogP contribution in [0, 0.1) is 0 Å². The van der Waals surface area contributed by atoms with E-state index in [1.54, 1.807) is 0 Å². The second kappa shape index (κ2) is 9.88. The second-order valence-corrected chi connectivity index (χ2v) is 9.99. The maximum Gasteiger partial charge on any atom is 0.274 e. The summed E-state index contributed by atoms with van der Waals surface area (Å²) >= 11 is 0. The van der Waals surface area contributed by atoms with E-state index in [1.165, 1.54) is 27.6 Å². The minimum Gasteiger partial charge on any atom is -0.336 e. The summed E-state index contributed by atoms with van der Waals surface area (Å²) in [4.78, 5) is 20.4. The molecule has 2 heterocycles. The summed E-state index contributed by atoms with van der Waals surface area (Å²) in [6.07, 6.45) is 4.00. The molecule has 34 heavy (non-hydrogen) atoms. The van der Waals surface area contributed by atoms with Crippen molar-refractivity contribution in [2.45, 2.75) is 51.7 Å². The Morgan fingerprint density at radius 2 is 1.91 bits per heavy atom. The van der Waals surface area contributed by atoms with Crippen LogP contribution in [-0.4, -0.2) is 76.7 Å². The van der Waals surface area contributed by atoms with Gasteiger partial charge in [-0.2, -0.15) is 5.10 Å². The number of carbonyl (C=O) groups is 1. The Morgan fingerprint density at radius 3 is 2.76 bits per heavy atom. The van der Waals surface area contributed by atoms with Gasteiger partial charge < -0.3 is 9.80 Å². The third kappa shape index (κ3) is 4.49. The van der Waals surface area contributed by atoms with Gasteiger partial charge in [0.15, 0.2) is 5.69 Å². The van der Waals surface area contributed by atoms with Crippen molar-refractivity contribution >= 4 is 16.7 Å². The van der Waals surface area contributed by atoms with Crippen LogP contribution in [0.2, 0.25) is 0 Å². The molecule has 6 nitrogen and oxygen atoms in total. The molecule has 1 fully saturated rings. The zero-order chi connectivity index (χ0) is 23.7. The van der Waals surface area contributed by atoms with Crippen molar-refractivity contribution in [2.75, 3.05) is 40.3 Å². The molecule has 1 unspecified atom stereocenters. The molecule has 0 bridgehead atoms. The fourth-order valence-corrected chi connectivity index (χ4v) is 5.71. The van der Waals surface area contributed by atoms with E-state index in [-0.39, 0.29) is 5.91 Å². The lowest BCUT2D eigenvalue weighted by molar-refractivity contribution is 0.0754. The number of likely N-dealkylation sites (N-methyl/N-ethyl adjacent to an activating group) is 2. The van der Waals surface area contributed by atoms with Gasteiger partial charge in [0.25, 0.3) is 5.91 Å². The number of amides is 1. The number of nitrogens with zero attached hydrogens (tertiary/aromatic N) is 5. The van der Waals surface area contributed by atoms with E-state index < -0.39 is 0 Å². The molecule has 0 saturated carbocycles. The SMILES string of the molecule is CCn1nc(C(=O)N2CCCN(C)CC2)c2c1CCC(N(C)Cc1cccc3ccccc13)C2. The summed E-state index contributed by atoms with van der Waals surface area (Å²) < 4.78 is 2.08. The summed E-state index contributed by atoms with van der Waals surface area (Å²) in [5.74, 6) is 0.121. The Morgan fingerprint density at radius 1 is 1.09 bits per heavy atom. The largest absolute Gasteiger partial charge is 0.336 e. The number of aryl methyl sites for hydroxylation is 1. The maximum absolute atomic E-state index is 13.6. The number of rotatable bonds is 5. The van der Waals surface area contributed by atoms with Gasteiger partial charge in [0.2, 0.25) is 0 Å². The summed E-state index contributed by atoms with van der Waals surface area (Å²) in [6.45, 7) is 7.43. The molecule has 5 rings (SSSR count). The Bertz CT molecular complexity index is 1160. The van der Waals surface area contributed by atoms with Crippen molar-refractivity contribution in [1.82, 2.24) is 24.5 Å². The van der Waals surface area contributed by atoms with Crippen molar-refractivity contribution < 1.29 is 4.79 Å². The monoisotopic (exact) mass is 459 g/mol. The highest BCUT2D eigenvalue weighted by atomic mass is 16.2. The van der Waals surface area contributed by atoms with Crippen LogP contribution in [0.25, 0.3) is 10.8 Å². The predicted molar refractivity (Wildman–Crippen MR) is 137 cm³/mol. The zero-order valence-electron chi connectivity index (χ0n) is 20.8. The van der Waals surface area contributed by atoms with Crippen LogP contribution in [0.1, 0.15) is 47.1 Å². The minimum absolute atomic E-state index is 0.121. The summed E-state index contributed by atoms with van der Waals surface area (Å²) in [5, 5.41) is 7.47. The molecule has 2 aliphatic rings. The molecule has 1 saturated heterocycles. The average molecular weight is 460 g/mol. The van der Waals surface area contributed by atoms with Gasteiger partial charge in [0.05, 0.1) is 0 Å². The number of fused-ring (bicyclic) bond motifs is 2. The summed E-state index contributed by atoms with van der Waals surface area (Å²) in [7, 11) is 4.37. The van der Waals surface area contributed by atoms with E-state index in [1.807, 2.05) is 4.90 Å². The van der Waals surface area contributed by atoms with Gasteiger partial charge in [0, 0.05) is 50.0 Å². The van der Waals surface area contributed by atoms with E-state index in [0.717, 1.165) is 65.0 Å². The van der Waals surface area contributed by atoms with E-state index in [4.69, 9.17) is 5.10 Å². The molecule has 0 spiro atoms. The van der Waals surface area contributed by atoms with Crippen LogP contribution < -0.4 is 0 Å². The molecule has 1 atom stereocenters. The number of carbonyl (C=O) groups excluding carboxylic acids is 1. The molecule has 3 aromatic rings. The molecule has 2 aromatic carbocycles. The first-order valence-corrected chi connectivity index (χ1v) is 12.8. The molecule has 6 heteroatoms. The second-order valence-electron chi connectivity index (χ2n) is 9.99. The van der Waals surface area contributed by atoms with Crippen molar-refractivity contribution in [1.29, 1.82) is 0 Å². The highest BCUT2D eigenvalue weighted by molar-refractivity contribution is 5.94. The van der Waals surface area contributed by atoms with E-state index in [9.17, 15) is 4.79 Å². The molecule has 0 radical (unpaired) electrons. The van der Waals surface area contributed by atoms with Crippen LogP contribution in [-0.2, 0) is 25.9 Å². The third-order valence-corrected chi connectivity index (χ3v) is 7.75. The van der Waals surface area contributed by atoms with Crippen LogP contribution in [0.5, 0.6) is 0 Å². The Labute approximate surface area is 203 Å². The average Bonchev–Trinajstić information content (AvgIpc) is 3.09. The van der Waals surface area contributed by atoms with Gasteiger partial charge in [-0.1, -0.05) is 42.5 Å². The quantitative estimate of drug-likeness (QED) is 0.582. The molecular formula is C28H37N5O. The molecule has 180 valence electrons. The van der Waals surface area contributed by atoms with Crippen molar-refractivity contribution in [3.8, 4) is 0 Å². The molecule has 1 aliphatic heterocycles. The van der Waals surface area contributed by atoms with Crippen LogP contribution >= 0.6 is 0 Å². The van der Waals surface area contributed by atoms with E-state index in [2.05, 4.69) is 78.0 Å². The van der Waals surface area contributed by atoms with Gasteiger partial charge in [-0.05, 0) is 69.6 Å². The lowest BCUT2D eigenvalue weighted by Crippen LogP contribution is -2.38. The first-order valence-electron chi connectivity index (χ1n) is 12.8. The number of hydrogen-bond donors (Lipinski definition) is 0. The third-order valence-electron chi connectivity index (χ3n) is 7.75. The van der Waals surface area contributed by atoms with E-state index in [0.29, 0.717) is 11.7 Å². The van der Waals surface area contributed by atoms with Crippen LogP contribution in [0.3, 0.4) is 0 Å². The Balaban J connectivity index is 1.37. The number of hydrogen-bond acceptors (Lipinski definition) is 4. The van der Waals surface area contributed by atoms with E-state index >= 15 is 0 Å². The van der Waals surface area contributed by atoms with Gasteiger partial charge in [-0.3, -0.25) is 14.4 Å². The molecule has 1 aromatic heterocycles. The lowest BCUT2D eigenvalue weighted by Gasteiger charge is -2.32. The Hall–Kier alpha value is -2.70. The molecule has 1 amide bonds. The summed E-state index contributed by atoms with van der Waals surface area (Å²) in [6, 6.07) is 15.6. The number of benzene rings is 2. The predicted octanol–water partition coefficient (Wildman–Crippen LogP) is 3.82. The summed E-state index contributed by atoms with van der Waals surface area (Å²) in [5.41, 5.74) is 4.52. The van der Waals surface area contributed by atoms with Gasteiger partial charge in [0.1, 0.15) is 0 Å². The highest BCUT2D eigenvalue weighted by Crippen LogP contribution is 2.29. The molecular weight excluding hydrogens is 422 g/mol. The smallest absolute Gasteiger partial charge is 0.274 e. The zero-order valence-corrected chi connectivity index (χ0v) is 20.8. The fraction of sp³-hybridized carbons (Fsp3) is 0.500.